The van der Waals surface area contributed by atoms with Crippen LogP contribution in [0.2, 0.25) is 0 Å². The molecule has 2 heterocycles. The van der Waals surface area contributed by atoms with E-state index in [-0.39, 0.29) is 22.4 Å². The first-order valence-corrected chi connectivity index (χ1v) is 10.3. The van der Waals surface area contributed by atoms with Gasteiger partial charge in [-0.25, -0.2) is 13.4 Å². The maximum atomic E-state index is 13.0. The molecule has 152 valence electrons. The second-order valence-corrected chi connectivity index (χ2v) is 8.27. The van der Waals surface area contributed by atoms with E-state index in [1.165, 1.54) is 19.4 Å². The van der Waals surface area contributed by atoms with Gasteiger partial charge in [-0.2, -0.15) is 0 Å². The quantitative estimate of drug-likeness (QED) is 0.645. The maximum Gasteiger partial charge on any atom is 0.267 e. The van der Waals surface area contributed by atoms with Crippen molar-refractivity contribution in [2.75, 3.05) is 17.1 Å². The minimum atomic E-state index is -4.01. The van der Waals surface area contributed by atoms with Crippen LogP contribution in [0.1, 0.15) is 21.5 Å². The number of ether oxygens (including phenoxy) is 1. The molecule has 0 aliphatic carbocycles. The van der Waals surface area contributed by atoms with Crippen LogP contribution in [0.15, 0.2) is 53.8 Å². The SMILES string of the molecule is COc1ncc(NC(=O)c2ccn(C)c2)cc1S(=O)(=O)Nc1c(C)cccc1C. The summed E-state index contributed by atoms with van der Waals surface area (Å²) < 4.78 is 35.6. The number of methoxy groups -OCH3 is 1. The summed E-state index contributed by atoms with van der Waals surface area (Å²) in [6, 6.07) is 8.47. The van der Waals surface area contributed by atoms with Gasteiger partial charge in [0.15, 0.2) is 4.90 Å². The van der Waals surface area contributed by atoms with Gasteiger partial charge in [0.2, 0.25) is 5.88 Å². The lowest BCUT2D eigenvalue weighted by Crippen LogP contribution is -2.17. The number of pyridine rings is 1. The van der Waals surface area contributed by atoms with E-state index in [2.05, 4.69) is 15.0 Å². The van der Waals surface area contributed by atoms with Crippen LogP contribution in [0.25, 0.3) is 0 Å². The van der Waals surface area contributed by atoms with E-state index in [4.69, 9.17) is 4.74 Å². The molecule has 2 aromatic heterocycles. The van der Waals surface area contributed by atoms with Crippen molar-refractivity contribution in [1.82, 2.24) is 9.55 Å². The Balaban J connectivity index is 1.95. The van der Waals surface area contributed by atoms with E-state index in [9.17, 15) is 13.2 Å². The molecular weight excluding hydrogens is 392 g/mol. The average molecular weight is 414 g/mol. The van der Waals surface area contributed by atoms with Gasteiger partial charge in [0, 0.05) is 19.4 Å². The normalized spacial score (nSPS) is 11.2. The van der Waals surface area contributed by atoms with E-state index in [0.29, 0.717) is 11.3 Å². The zero-order valence-electron chi connectivity index (χ0n) is 16.6. The Kier molecular flexibility index (Phi) is 5.60. The smallest absolute Gasteiger partial charge is 0.267 e. The average Bonchev–Trinajstić information content (AvgIpc) is 3.11. The predicted molar refractivity (Wildman–Crippen MR) is 111 cm³/mol. The zero-order valence-corrected chi connectivity index (χ0v) is 17.4. The Morgan fingerprint density at radius 1 is 1.17 bits per heavy atom. The van der Waals surface area contributed by atoms with E-state index >= 15 is 0 Å². The molecule has 0 unspecified atom stereocenters. The number of para-hydroxylation sites is 1. The van der Waals surface area contributed by atoms with Gasteiger partial charge in [-0.1, -0.05) is 18.2 Å². The molecule has 0 bridgehead atoms. The lowest BCUT2D eigenvalue weighted by molar-refractivity contribution is 0.102. The number of aryl methyl sites for hydroxylation is 3. The molecule has 0 spiro atoms. The van der Waals surface area contributed by atoms with E-state index in [1.54, 1.807) is 30.1 Å². The molecule has 1 aromatic carbocycles. The number of amides is 1. The molecule has 2 N–H and O–H groups in total. The molecule has 0 atom stereocenters. The van der Waals surface area contributed by atoms with Gasteiger partial charge in [-0.3, -0.25) is 9.52 Å². The summed E-state index contributed by atoms with van der Waals surface area (Å²) >= 11 is 0. The molecule has 3 aromatic rings. The Hall–Kier alpha value is -3.33. The fourth-order valence-corrected chi connectivity index (χ4v) is 4.20. The van der Waals surface area contributed by atoms with Crippen molar-refractivity contribution in [3.05, 3.63) is 65.6 Å². The van der Waals surface area contributed by atoms with Gasteiger partial charge in [-0.05, 0) is 37.1 Å². The lowest BCUT2D eigenvalue weighted by atomic mass is 10.1. The number of nitrogens with zero attached hydrogens (tertiary/aromatic N) is 2. The molecular formula is C20H22N4O4S. The summed E-state index contributed by atoms with van der Waals surface area (Å²) in [6.07, 6.45) is 4.75. The van der Waals surface area contributed by atoms with Gasteiger partial charge in [0.05, 0.1) is 30.2 Å². The highest BCUT2D eigenvalue weighted by Gasteiger charge is 2.23. The number of anilines is 2. The van der Waals surface area contributed by atoms with Crippen molar-refractivity contribution >= 4 is 27.3 Å². The number of hydrogen-bond donors (Lipinski definition) is 2. The van der Waals surface area contributed by atoms with Crippen molar-refractivity contribution < 1.29 is 17.9 Å². The number of aromatic nitrogens is 2. The summed E-state index contributed by atoms with van der Waals surface area (Å²) in [4.78, 5) is 16.2. The van der Waals surface area contributed by atoms with Gasteiger partial charge < -0.3 is 14.6 Å². The van der Waals surface area contributed by atoms with Crippen LogP contribution >= 0.6 is 0 Å². The molecule has 0 radical (unpaired) electrons. The zero-order chi connectivity index (χ0) is 21.2. The monoisotopic (exact) mass is 414 g/mol. The number of nitrogens with one attached hydrogen (secondary N) is 2. The number of benzene rings is 1. The van der Waals surface area contributed by atoms with Crippen LogP contribution in [-0.2, 0) is 17.1 Å². The van der Waals surface area contributed by atoms with Crippen LogP contribution < -0.4 is 14.8 Å². The standard InChI is InChI=1S/C20H22N4O4S/c1-13-6-5-7-14(2)18(13)23-29(26,27)17-10-16(11-21-20(17)28-4)22-19(25)15-8-9-24(3)12-15/h5-12,23H,1-4H3,(H,22,25). The van der Waals surface area contributed by atoms with E-state index < -0.39 is 10.0 Å². The number of hydrogen-bond acceptors (Lipinski definition) is 5. The highest BCUT2D eigenvalue weighted by Crippen LogP contribution is 2.29. The second kappa shape index (κ2) is 7.96. The van der Waals surface area contributed by atoms with Crippen molar-refractivity contribution in [1.29, 1.82) is 0 Å². The summed E-state index contributed by atoms with van der Waals surface area (Å²) in [5.41, 5.74) is 2.75. The van der Waals surface area contributed by atoms with Gasteiger partial charge in [0.25, 0.3) is 15.9 Å². The summed E-state index contributed by atoms with van der Waals surface area (Å²) in [6.45, 7) is 3.63. The third kappa shape index (κ3) is 4.40. The predicted octanol–water partition coefficient (Wildman–Crippen LogP) is 3.10. The highest BCUT2D eigenvalue weighted by atomic mass is 32.2. The highest BCUT2D eigenvalue weighted by molar-refractivity contribution is 7.92. The van der Waals surface area contributed by atoms with Gasteiger partial charge in [-0.15, -0.1) is 0 Å². The Morgan fingerprint density at radius 3 is 2.45 bits per heavy atom. The van der Waals surface area contributed by atoms with Crippen LogP contribution in [0, 0.1) is 13.8 Å². The van der Waals surface area contributed by atoms with E-state index in [1.807, 2.05) is 32.0 Å². The fraction of sp³-hybridized carbons (Fsp3) is 0.200. The lowest BCUT2D eigenvalue weighted by Gasteiger charge is -2.15. The molecule has 9 heteroatoms. The third-order valence-electron chi connectivity index (χ3n) is 4.37. The molecule has 0 saturated carbocycles. The Bertz CT molecular complexity index is 1150. The number of sulfonamides is 1. The summed E-state index contributed by atoms with van der Waals surface area (Å²) in [7, 11) is -0.876. The van der Waals surface area contributed by atoms with Crippen molar-refractivity contribution in [2.24, 2.45) is 7.05 Å². The largest absolute Gasteiger partial charge is 0.480 e. The minimum Gasteiger partial charge on any atom is -0.480 e. The van der Waals surface area contributed by atoms with Crippen LogP contribution in [0.5, 0.6) is 5.88 Å². The molecule has 0 fully saturated rings. The first-order chi connectivity index (χ1) is 13.7. The van der Waals surface area contributed by atoms with Crippen LogP contribution in [-0.4, -0.2) is 31.0 Å². The molecule has 3 rings (SSSR count). The Morgan fingerprint density at radius 2 is 1.86 bits per heavy atom. The minimum absolute atomic E-state index is 0.0681. The number of carbonyl (C=O) groups is 1. The van der Waals surface area contributed by atoms with Crippen molar-refractivity contribution in [3.63, 3.8) is 0 Å². The molecule has 1 amide bonds. The van der Waals surface area contributed by atoms with Crippen molar-refractivity contribution in [3.8, 4) is 5.88 Å². The fourth-order valence-electron chi connectivity index (χ4n) is 2.85. The molecule has 8 nitrogen and oxygen atoms in total. The molecule has 29 heavy (non-hydrogen) atoms. The summed E-state index contributed by atoms with van der Waals surface area (Å²) in [5.74, 6) is -0.440. The number of rotatable bonds is 6. The molecule has 0 saturated heterocycles. The van der Waals surface area contributed by atoms with E-state index in [0.717, 1.165) is 11.1 Å². The molecule has 0 aliphatic heterocycles. The first-order valence-electron chi connectivity index (χ1n) is 8.77. The van der Waals surface area contributed by atoms with Crippen LogP contribution in [0.3, 0.4) is 0 Å². The maximum absolute atomic E-state index is 13.0. The van der Waals surface area contributed by atoms with Crippen LogP contribution in [0.4, 0.5) is 11.4 Å². The number of carbonyl (C=O) groups excluding carboxylic acids is 1. The topological polar surface area (TPSA) is 102 Å². The van der Waals surface area contributed by atoms with Gasteiger partial charge >= 0.3 is 0 Å². The van der Waals surface area contributed by atoms with Crippen molar-refractivity contribution in [2.45, 2.75) is 18.7 Å². The third-order valence-corrected chi connectivity index (χ3v) is 5.72. The molecule has 0 aliphatic rings. The first kappa shape index (κ1) is 20.4. The second-order valence-electron chi connectivity index (χ2n) is 6.62. The Labute approximate surface area is 169 Å². The van der Waals surface area contributed by atoms with Gasteiger partial charge in [0.1, 0.15) is 0 Å². The summed E-state index contributed by atoms with van der Waals surface area (Å²) in [5, 5.41) is 2.66.